The van der Waals surface area contributed by atoms with Crippen LogP contribution in [0.2, 0.25) is 0 Å². The zero-order chi connectivity index (χ0) is 20.1. The van der Waals surface area contributed by atoms with Gasteiger partial charge in [-0.25, -0.2) is 4.98 Å². The lowest BCUT2D eigenvalue weighted by Gasteiger charge is -2.15. The topological polar surface area (TPSA) is 57.8 Å². The highest BCUT2D eigenvalue weighted by molar-refractivity contribution is 5.83. The van der Waals surface area contributed by atoms with Crippen LogP contribution in [0.15, 0.2) is 79.0 Å². The molecule has 4 heteroatoms. The van der Waals surface area contributed by atoms with Gasteiger partial charge in [0.2, 0.25) is 5.91 Å². The van der Waals surface area contributed by atoms with Gasteiger partial charge in [-0.1, -0.05) is 79.7 Å². The van der Waals surface area contributed by atoms with Crippen LogP contribution in [0.3, 0.4) is 0 Å². The Morgan fingerprint density at radius 3 is 2.55 bits per heavy atom. The van der Waals surface area contributed by atoms with Crippen molar-refractivity contribution in [3.8, 4) is 11.3 Å². The maximum atomic E-state index is 12.5. The molecule has 29 heavy (non-hydrogen) atoms. The predicted molar refractivity (Wildman–Crippen MR) is 117 cm³/mol. The quantitative estimate of drug-likeness (QED) is 0.447. The van der Waals surface area contributed by atoms with E-state index in [1.54, 1.807) is 0 Å². The van der Waals surface area contributed by atoms with Gasteiger partial charge in [-0.15, -0.1) is 0 Å². The number of carbonyl (C=O) groups is 1. The van der Waals surface area contributed by atoms with Crippen molar-refractivity contribution in [1.82, 2.24) is 15.3 Å². The minimum atomic E-state index is -0.114. The number of aryl methyl sites for hydroxylation is 1. The fraction of sp³-hybridized carbons (Fsp3) is 0.200. The SMILES string of the molecule is CCC(NC(=O)CCc1ccc2ccccc2c1)c1ncc(-c2ccccc2)[nH]1. The molecule has 0 saturated carbocycles. The first-order valence-electron chi connectivity index (χ1n) is 10.1. The molecule has 0 aliphatic heterocycles. The standard InChI is InChI=1S/C25H25N3O/c1-2-22(25-26-17-23(28-25)20-9-4-3-5-10-20)27-24(29)15-13-18-12-14-19-8-6-7-11-21(19)16-18/h3-12,14,16-17,22H,2,13,15H2,1H3,(H,26,28)(H,27,29). The summed E-state index contributed by atoms with van der Waals surface area (Å²) in [6, 6.07) is 24.6. The fourth-order valence-electron chi connectivity index (χ4n) is 3.56. The summed E-state index contributed by atoms with van der Waals surface area (Å²) in [5, 5.41) is 5.55. The van der Waals surface area contributed by atoms with E-state index in [4.69, 9.17) is 0 Å². The van der Waals surface area contributed by atoms with Crippen LogP contribution in [0.1, 0.15) is 37.2 Å². The molecule has 1 amide bonds. The van der Waals surface area contributed by atoms with E-state index in [0.29, 0.717) is 6.42 Å². The Labute approximate surface area is 171 Å². The van der Waals surface area contributed by atoms with Gasteiger partial charge in [0, 0.05) is 6.42 Å². The molecule has 1 atom stereocenters. The number of rotatable bonds is 7. The Morgan fingerprint density at radius 1 is 1.00 bits per heavy atom. The summed E-state index contributed by atoms with van der Waals surface area (Å²) in [6.45, 7) is 2.05. The first-order valence-corrected chi connectivity index (χ1v) is 10.1. The maximum absolute atomic E-state index is 12.5. The third-order valence-electron chi connectivity index (χ3n) is 5.21. The maximum Gasteiger partial charge on any atom is 0.220 e. The van der Waals surface area contributed by atoms with E-state index >= 15 is 0 Å². The summed E-state index contributed by atoms with van der Waals surface area (Å²) < 4.78 is 0. The molecule has 0 spiro atoms. The second kappa shape index (κ2) is 8.74. The molecular formula is C25H25N3O. The van der Waals surface area contributed by atoms with Crippen LogP contribution in [0.4, 0.5) is 0 Å². The first kappa shape index (κ1) is 18.9. The molecule has 4 aromatic rings. The van der Waals surface area contributed by atoms with Gasteiger partial charge in [-0.3, -0.25) is 4.79 Å². The van der Waals surface area contributed by atoms with E-state index in [1.165, 1.54) is 16.3 Å². The summed E-state index contributed by atoms with van der Waals surface area (Å²) in [7, 11) is 0. The average molecular weight is 383 g/mol. The van der Waals surface area contributed by atoms with Gasteiger partial charge in [0.05, 0.1) is 17.9 Å². The third-order valence-corrected chi connectivity index (χ3v) is 5.21. The zero-order valence-electron chi connectivity index (χ0n) is 16.6. The van der Waals surface area contributed by atoms with Crippen molar-refractivity contribution in [2.24, 2.45) is 0 Å². The van der Waals surface area contributed by atoms with Crippen molar-refractivity contribution in [3.63, 3.8) is 0 Å². The molecule has 4 rings (SSSR count). The van der Waals surface area contributed by atoms with E-state index in [1.807, 2.05) is 48.7 Å². The molecule has 2 N–H and O–H groups in total. The number of benzene rings is 3. The molecule has 3 aromatic carbocycles. The summed E-state index contributed by atoms with van der Waals surface area (Å²) in [5.74, 6) is 0.841. The lowest BCUT2D eigenvalue weighted by molar-refractivity contribution is -0.121. The molecule has 0 aliphatic rings. The number of imidazole rings is 1. The molecule has 0 bridgehead atoms. The van der Waals surface area contributed by atoms with Gasteiger partial charge in [0.25, 0.3) is 0 Å². The minimum Gasteiger partial charge on any atom is -0.346 e. The molecule has 1 unspecified atom stereocenters. The van der Waals surface area contributed by atoms with Crippen LogP contribution in [0.5, 0.6) is 0 Å². The van der Waals surface area contributed by atoms with E-state index < -0.39 is 0 Å². The van der Waals surface area contributed by atoms with Crippen LogP contribution in [0, 0.1) is 0 Å². The number of fused-ring (bicyclic) bond motifs is 1. The highest BCUT2D eigenvalue weighted by Gasteiger charge is 2.16. The van der Waals surface area contributed by atoms with E-state index in [0.717, 1.165) is 29.9 Å². The van der Waals surface area contributed by atoms with Gasteiger partial charge < -0.3 is 10.3 Å². The molecule has 1 heterocycles. The van der Waals surface area contributed by atoms with Gasteiger partial charge in [-0.05, 0) is 34.7 Å². The number of aromatic nitrogens is 2. The number of nitrogens with zero attached hydrogens (tertiary/aromatic N) is 1. The molecule has 0 fully saturated rings. The monoisotopic (exact) mass is 383 g/mol. The smallest absolute Gasteiger partial charge is 0.220 e. The number of hydrogen-bond acceptors (Lipinski definition) is 2. The van der Waals surface area contributed by atoms with Crippen LogP contribution in [-0.4, -0.2) is 15.9 Å². The Bertz CT molecular complexity index is 1100. The molecular weight excluding hydrogens is 358 g/mol. The number of H-pyrrole nitrogens is 1. The van der Waals surface area contributed by atoms with Crippen molar-refractivity contribution in [2.45, 2.75) is 32.2 Å². The van der Waals surface area contributed by atoms with Crippen molar-refractivity contribution in [1.29, 1.82) is 0 Å². The molecule has 0 radical (unpaired) electrons. The Kier molecular flexibility index (Phi) is 5.71. The number of carbonyl (C=O) groups excluding carboxylic acids is 1. The molecule has 4 nitrogen and oxygen atoms in total. The van der Waals surface area contributed by atoms with Crippen molar-refractivity contribution >= 4 is 16.7 Å². The lowest BCUT2D eigenvalue weighted by Crippen LogP contribution is -2.29. The van der Waals surface area contributed by atoms with E-state index in [9.17, 15) is 4.79 Å². The summed E-state index contributed by atoms with van der Waals surface area (Å²) in [6.07, 6.45) is 3.79. The van der Waals surface area contributed by atoms with Gasteiger partial charge in [-0.2, -0.15) is 0 Å². The highest BCUT2D eigenvalue weighted by Crippen LogP contribution is 2.21. The number of aromatic amines is 1. The number of nitrogens with one attached hydrogen (secondary N) is 2. The minimum absolute atomic E-state index is 0.0441. The third kappa shape index (κ3) is 4.54. The second-order valence-electron chi connectivity index (χ2n) is 7.26. The Hall–Kier alpha value is -3.40. The summed E-state index contributed by atoms with van der Waals surface area (Å²) in [4.78, 5) is 20.4. The molecule has 0 aliphatic carbocycles. The van der Waals surface area contributed by atoms with Crippen molar-refractivity contribution < 1.29 is 4.79 Å². The van der Waals surface area contributed by atoms with Gasteiger partial charge in [0.15, 0.2) is 0 Å². The van der Waals surface area contributed by atoms with E-state index in [2.05, 4.69) is 52.5 Å². The van der Waals surface area contributed by atoms with Crippen LogP contribution in [-0.2, 0) is 11.2 Å². The second-order valence-corrected chi connectivity index (χ2v) is 7.26. The van der Waals surface area contributed by atoms with Crippen molar-refractivity contribution in [3.05, 3.63) is 90.4 Å². The summed E-state index contributed by atoms with van der Waals surface area (Å²) >= 11 is 0. The predicted octanol–water partition coefficient (Wildman–Crippen LogP) is 5.43. The van der Waals surface area contributed by atoms with E-state index in [-0.39, 0.29) is 11.9 Å². The van der Waals surface area contributed by atoms with Crippen LogP contribution in [0.25, 0.3) is 22.0 Å². The number of hydrogen-bond donors (Lipinski definition) is 2. The largest absolute Gasteiger partial charge is 0.346 e. The first-order chi connectivity index (χ1) is 14.2. The lowest BCUT2D eigenvalue weighted by atomic mass is 10.0. The molecule has 146 valence electrons. The van der Waals surface area contributed by atoms with Crippen LogP contribution >= 0.6 is 0 Å². The fourth-order valence-corrected chi connectivity index (χ4v) is 3.56. The average Bonchev–Trinajstić information content (AvgIpc) is 3.26. The molecule has 0 saturated heterocycles. The van der Waals surface area contributed by atoms with Gasteiger partial charge >= 0.3 is 0 Å². The van der Waals surface area contributed by atoms with Gasteiger partial charge in [0.1, 0.15) is 5.82 Å². The Balaban J connectivity index is 1.38. The summed E-state index contributed by atoms with van der Waals surface area (Å²) in [5.41, 5.74) is 3.23. The van der Waals surface area contributed by atoms with Crippen molar-refractivity contribution in [2.75, 3.05) is 0 Å². The van der Waals surface area contributed by atoms with Crippen LogP contribution < -0.4 is 5.32 Å². The normalized spacial score (nSPS) is 12.0. The highest BCUT2D eigenvalue weighted by atomic mass is 16.1. The zero-order valence-corrected chi connectivity index (χ0v) is 16.6. The Morgan fingerprint density at radius 2 is 1.76 bits per heavy atom. The number of amides is 1. The molecule has 1 aromatic heterocycles.